The van der Waals surface area contributed by atoms with E-state index in [4.69, 9.17) is 0 Å². The van der Waals surface area contributed by atoms with Gasteiger partial charge in [-0.2, -0.15) is 0 Å². The molecule has 0 spiro atoms. The lowest BCUT2D eigenvalue weighted by atomic mass is 9.83. The van der Waals surface area contributed by atoms with Crippen molar-refractivity contribution in [2.45, 2.75) is 58.8 Å². The van der Waals surface area contributed by atoms with Crippen LogP contribution >= 0.6 is 0 Å². The first-order chi connectivity index (χ1) is 13.5. The number of likely N-dealkylation sites (tertiary alicyclic amines) is 2. The summed E-state index contributed by atoms with van der Waals surface area (Å²) in [6.45, 7) is 9.78. The lowest BCUT2D eigenvalue weighted by Crippen LogP contribution is -2.48. The van der Waals surface area contributed by atoms with Gasteiger partial charge in [-0.15, -0.1) is 0 Å². The number of nitrogens with zero attached hydrogens (tertiary/aromatic N) is 2. The van der Waals surface area contributed by atoms with Crippen molar-refractivity contribution in [3.05, 3.63) is 35.9 Å². The molecule has 2 fully saturated rings. The van der Waals surface area contributed by atoms with Crippen LogP contribution in [0.1, 0.15) is 64.4 Å². The van der Waals surface area contributed by atoms with E-state index in [-0.39, 0.29) is 17.7 Å². The van der Waals surface area contributed by atoms with Crippen LogP contribution in [0.5, 0.6) is 0 Å². The van der Waals surface area contributed by atoms with E-state index in [0.717, 1.165) is 44.3 Å². The molecule has 2 aliphatic rings. The number of amides is 2. The van der Waals surface area contributed by atoms with Crippen molar-refractivity contribution < 1.29 is 9.59 Å². The fraction of sp³-hybridized carbons (Fsp3) is 0.667. The third-order valence-electron chi connectivity index (χ3n) is 6.76. The second kappa shape index (κ2) is 9.58. The second-order valence-corrected chi connectivity index (χ2v) is 8.91. The number of hydrogen-bond donors (Lipinski definition) is 0. The molecule has 3 rings (SSSR count). The summed E-state index contributed by atoms with van der Waals surface area (Å²) in [6.07, 6.45) is 4.94. The van der Waals surface area contributed by atoms with E-state index >= 15 is 0 Å². The maximum atomic E-state index is 13.4. The topological polar surface area (TPSA) is 40.6 Å². The summed E-state index contributed by atoms with van der Waals surface area (Å²) in [7, 11) is 0. The molecular weight excluding hydrogens is 348 g/mol. The predicted octanol–water partition coefficient (Wildman–Crippen LogP) is 4.31. The number of carbonyl (C=O) groups excluding carboxylic acids is 2. The fourth-order valence-electron chi connectivity index (χ4n) is 4.80. The summed E-state index contributed by atoms with van der Waals surface area (Å²) in [5.41, 5.74) is 1.11. The van der Waals surface area contributed by atoms with Gasteiger partial charge in [-0.25, -0.2) is 0 Å². The van der Waals surface area contributed by atoms with Crippen LogP contribution < -0.4 is 0 Å². The molecule has 0 radical (unpaired) electrons. The summed E-state index contributed by atoms with van der Waals surface area (Å²) < 4.78 is 0. The minimum atomic E-state index is -0.0820. The first-order valence-electron chi connectivity index (χ1n) is 11.1. The van der Waals surface area contributed by atoms with Crippen molar-refractivity contribution >= 4 is 11.8 Å². The maximum Gasteiger partial charge on any atom is 0.230 e. The molecule has 3 unspecified atom stereocenters. The second-order valence-electron chi connectivity index (χ2n) is 8.91. The predicted molar refractivity (Wildman–Crippen MR) is 113 cm³/mol. The van der Waals surface area contributed by atoms with Crippen molar-refractivity contribution in [2.24, 2.45) is 17.8 Å². The molecular formula is C24H36N2O2. The molecule has 0 aromatic heterocycles. The molecule has 4 nitrogen and oxygen atoms in total. The van der Waals surface area contributed by atoms with Gasteiger partial charge in [0.25, 0.3) is 0 Å². The summed E-state index contributed by atoms with van der Waals surface area (Å²) in [5, 5.41) is 0. The minimum absolute atomic E-state index is 0.0820. The van der Waals surface area contributed by atoms with E-state index in [1.54, 1.807) is 0 Å². The molecule has 2 amide bonds. The highest BCUT2D eigenvalue weighted by atomic mass is 16.2. The Kier molecular flexibility index (Phi) is 7.14. The number of benzene rings is 1. The zero-order chi connectivity index (χ0) is 20.1. The molecule has 1 aromatic carbocycles. The monoisotopic (exact) mass is 384 g/mol. The molecule has 4 heteroatoms. The van der Waals surface area contributed by atoms with E-state index in [1.165, 1.54) is 6.42 Å². The van der Waals surface area contributed by atoms with Gasteiger partial charge in [-0.1, -0.05) is 57.5 Å². The van der Waals surface area contributed by atoms with Gasteiger partial charge in [-0.3, -0.25) is 9.59 Å². The van der Waals surface area contributed by atoms with Gasteiger partial charge in [0.2, 0.25) is 11.8 Å². The van der Waals surface area contributed by atoms with Gasteiger partial charge < -0.3 is 9.80 Å². The van der Waals surface area contributed by atoms with E-state index in [9.17, 15) is 9.59 Å². The first kappa shape index (κ1) is 20.9. The summed E-state index contributed by atoms with van der Waals surface area (Å²) in [6, 6.07) is 10.2. The molecule has 3 atom stereocenters. The smallest absolute Gasteiger partial charge is 0.230 e. The van der Waals surface area contributed by atoms with E-state index < -0.39 is 0 Å². The lowest BCUT2D eigenvalue weighted by molar-refractivity contribution is -0.143. The zero-order valence-electron chi connectivity index (χ0n) is 17.8. The van der Waals surface area contributed by atoms with Crippen LogP contribution in [-0.2, 0) is 9.59 Å². The first-order valence-corrected chi connectivity index (χ1v) is 11.1. The molecule has 154 valence electrons. The number of carbonyl (C=O) groups is 2. The third kappa shape index (κ3) is 4.76. The van der Waals surface area contributed by atoms with E-state index in [1.807, 2.05) is 23.1 Å². The molecule has 0 saturated carbocycles. The number of piperidine rings is 2. The Bertz CT molecular complexity index is 652. The Hall–Kier alpha value is -1.84. The third-order valence-corrected chi connectivity index (χ3v) is 6.76. The molecule has 28 heavy (non-hydrogen) atoms. The summed E-state index contributed by atoms with van der Waals surface area (Å²) in [4.78, 5) is 30.3. The zero-order valence-corrected chi connectivity index (χ0v) is 17.8. The Morgan fingerprint density at radius 2 is 1.71 bits per heavy atom. The maximum absolute atomic E-state index is 13.4. The Morgan fingerprint density at radius 1 is 1.04 bits per heavy atom. The van der Waals surface area contributed by atoms with Crippen LogP contribution in [-0.4, -0.2) is 47.8 Å². The molecule has 2 aliphatic heterocycles. The van der Waals surface area contributed by atoms with Crippen LogP contribution in [0.3, 0.4) is 0 Å². The van der Waals surface area contributed by atoms with Crippen molar-refractivity contribution in [1.29, 1.82) is 0 Å². The van der Waals surface area contributed by atoms with Crippen LogP contribution in [0.15, 0.2) is 30.3 Å². The SMILES string of the molecule is CCC(C)C(C(=O)N1CCC(C(=O)N2CCCC(C)C2)CC1)c1ccccc1. The minimum Gasteiger partial charge on any atom is -0.342 e. The molecule has 0 bridgehead atoms. The molecule has 1 aromatic rings. The van der Waals surface area contributed by atoms with Crippen molar-refractivity contribution in [3.63, 3.8) is 0 Å². The fourth-order valence-corrected chi connectivity index (χ4v) is 4.80. The van der Waals surface area contributed by atoms with Gasteiger partial charge in [0.15, 0.2) is 0 Å². The standard InChI is InChI=1S/C24H36N2O2/c1-4-19(3)22(20-10-6-5-7-11-20)24(28)25-15-12-21(13-16-25)23(27)26-14-8-9-18(2)17-26/h5-7,10-11,18-19,21-22H,4,8-9,12-17H2,1-3H3. The Morgan fingerprint density at radius 3 is 2.32 bits per heavy atom. The van der Waals surface area contributed by atoms with Gasteiger partial charge >= 0.3 is 0 Å². The van der Waals surface area contributed by atoms with Crippen molar-refractivity contribution in [2.75, 3.05) is 26.2 Å². The largest absolute Gasteiger partial charge is 0.342 e. The van der Waals surface area contributed by atoms with Crippen LogP contribution in [0.4, 0.5) is 0 Å². The number of rotatable bonds is 5. The average molecular weight is 385 g/mol. The summed E-state index contributed by atoms with van der Waals surface area (Å²) in [5.74, 6) is 1.48. The Balaban J connectivity index is 1.61. The molecule has 0 N–H and O–H groups in total. The lowest BCUT2D eigenvalue weighted by Gasteiger charge is -2.38. The summed E-state index contributed by atoms with van der Waals surface area (Å²) >= 11 is 0. The Labute approximate surface area is 170 Å². The molecule has 0 aliphatic carbocycles. The van der Waals surface area contributed by atoms with Gasteiger partial charge in [0.1, 0.15) is 0 Å². The number of hydrogen-bond acceptors (Lipinski definition) is 2. The average Bonchev–Trinajstić information content (AvgIpc) is 2.74. The quantitative estimate of drug-likeness (QED) is 0.759. The van der Waals surface area contributed by atoms with Gasteiger partial charge in [-0.05, 0) is 43.1 Å². The highest BCUT2D eigenvalue weighted by Gasteiger charge is 2.35. The van der Waals surface area contributed by atoms with E-state index in [0.29, 0.717) is 30.8 Å². The van der Waals surface area contributed by atoms with Crippen LogP contribution in [0, 0.1) is 17.8 Å². The van der Waals surface area contributed by atoms with E-state index in [2.05, 4.69) is 37.8 Å². The van der Waals surface area contributed by atoms with Crippen LogP contribution in [0.2, 0.25) is 0 Å². The van der Waals surface area contributed by atoms with Crippen molar-refractivity contribution in [1.82, 2.24) is 9.80 Å². The highest BCUT2D eigenvalue weighted by Crippen LogP contribution is 2.31. The van der Waals surface area contributed by atoms with Gasteiger partial charge in [0, 0.05) is 32.1 Å². The van der Waals surface area contributed by atoms with Crippen LogP contribution in [0.25, 0.3) is 0 Å². The normalized spacial score (nSPS) is 23.3. The van der Waals surface area contributed by atoms with Crippen molar-refractivity contribution in [3.8, 4) is 0 Å². The highest BCUT2D eigenvalue weighted by molar-refractivity contribution is 5.85. The molecule has 2 saturated heterocycles. The van der Waals surface area contributed by atoms with Gasteiger partial charge in [0.05, 0.1) is 5.92 Å². The molecule has 2 heterocycles.